The van der Waals surface area contributed by atoms with E-state index in [1.54, 1.807) is 0 Å². The first-order valence-electron chi connectivity index (χ1n) is 5.56. The van der Waals surface area contributed by atoms with Crippen LogP contribution in [-0.2, 0) is 13.0 Å². The summed E-state index contributed by atoms with van der Waals surface area (Å²) in [5.74, 6) is 0.361. The maximum absolute atomic E-state index is 12.0. The van der Waals surface area contributed by atoms with Gasteiger partial charge in [-0.2, -0.15) is 0 Å². The molecular weight excluding hydrogens is 186 g/mol. The van der Waals surface area contributed by atoms with Gasteiger partial charge in [0.05, 0.1) is 0 Å². The predicted octanol–water partition coefficient (Wildman–Crippen LogP) is 2.17. The fourth-order valence-electron chi connectivity index (χ4n) is 2.07. The Kier molecular flexibility index (Phi) is 2.87. The normalized spacial score (nSPS) is 15.1. The van der Waals surface area contributed by atoms with Crippen LogP contribution in [0.15, 0.2) is 18.2 Å². The summed E-state index contributed by atoms with van der Waals surface area (Å²) in [5, 5.41) is 3.33. The number of carbonyl (C=O) groups is 1. The Morgan fingerprint density at radius 3 is 2.93 bits per heavy atom. The van der Waals surface area contributed by atoms with E-state index in [-0.39, 0.29) is 11.7 Å². The highest BCUT2D eigenvalue weighted by molar-refractivity contribution is 5.99. The van der Waals surface area contributed by atoms with Crippen molar-refractivity contribution in [2.75, 3.05) is 6.54 Å². The van der Waals surface area contributed by atoms with Crippen LogP contribution in [0, 0.1) is 5.92 Å². The molecule has 2 nitrogen and oxygen atoms in total. The molecule has 0 saturated heterocycles. The fourth-order valence-corrected chi connectivity index (χ4v) is 2.07. The van der Waals surface area contributed by atoms with Crippen molar-refractivity contribution >= 4 is 5.78 Å². The summed E-state index contributed by atoms with van der Waals surface area (Å²) in [4.78, 5) is 12.0. The van der Waals surface area contributed by atoms with E-state index >= 15 is 0 Å². The van der Waals surface area contributed by atoms with E-state index in [2.05, 4.69) is 11.4 Å². The summed E-state index contributed by atoms with van der Waals surface area (Å²) in [6, 6.07) is 6.06. The number of benzene rings is 1. The van der Waals surface area contributed by atoms with Crippen LogP contribution in [-0.4, -0.2) is 12.3 Å². The number of nitrogens with one attached hydrogen (secondary N) is 1. The molecule has 0 amide bonds. The van der Waals surface area contributed by atoms with Crippen LogP contribution in [0.25, 0.3) is 0 Å². The zero-order valence-corrected chi connectivity index (χ0v) is 9.34. The molecule has 2 rings (SSSR count). The molecule has 15 heavy (non-hydrogen) atoms. The summed E-state index contributed by atoms with van der Waals surface area (Å²) in [6.07, 6.45) is 0.976. The van der Waals surface area contributed by atoms with E-state index in [9.17, 15) is 4.79 Å². The number of hydrogen-bond acceptors (Lipinski definition) is 2. The molecule has 1 aromatic rings. The first-order chi connectivity index (χ1) is 7.20. The maximum atomic E-state index is 12.0. The van der Waals surface area contributed by atoms with Gasteiger partial charge in [0.25, 0.3) is 0 Å². The highest BCUT2D eigenvalue weighted by Gasteiger charge is 2.18. The van der Waals surface area contributed by atoms with E-state index in [1.807, 2.05) is 26.0 Å². The van der Waals surface area contributed by atoms with Crippen LogP contribution in [0.2, 0.25) is 0 Å². The lowest BCUT2D eigenvalue weighted by atomic mass is 9.90. The minimum atomic E-state index is 0.0892. The van der Waals surface area contributed by atoms with Crippen molar-refractivity contribution in [1.29, 1.82) is 0 Å². The lowest BCUT2D eigenvalue weighted by Gasteiger charge is -2.20. The minimum Gasteiger partial charge on any atom is -0.312 e. The summed E-state index contributed by atoms with van der Waals surface area (Å²) < 4.78 is 0. The molecular formula is C13H17NO. The summed E-state index contributed by atoms with van der Waals surface area (Å²) >= 11 is 0. The van der Waals surface area contributed by atoms with Gasteiger partial charge in [0.15, 0.2) is 5.78 Å². The molecule has 0 fully saturated rings. The van der Waals surface area contributed by atoms with Gasteiger partial charge < -0.3 is 5.32 Å². The van der Waals surface area contributed by atoms with E-state index in [1.165, 1.54) is 11.1 Å². The number of rotatable bonds is 2. The number of carbonyl (C=O) groups excluding carboxylic acids is 1. The van der Waals surface area contributed by atoms with Crippen LogP contribution in [0.4, 0.5) is 0 Å². The molecule has 1 aliphatic heterocycles. The van der Waals surface area contributed by atoms with Gasteiger partial charge in [0.1, 0.15) is 0 Å². The molecule has 0 spiro atoms. The largest absolute Gasteiger partial charge is 0.312 e. The molecule has 0 atom stereocenters. The van der Waals surface area contributed by atoms with Crippen molar-refractivity contribution in [3.05, 3.63) is 34.9 Å². The van der Waals surface area contributed by atoms with Crippen molar-refractivity contribution in [3.8, 4) is 0 Å². The monoisotopic (exact) mass is 203 g/mol. The number of ketones is 1. The number of hydrogen-bond donors (Lipinski definition) is 1. The summed E-state index contributed by atoms with van der Waals surface area (Å²) in [7, 11) is 0. The molecule has 0 saturated carbocycles. The van der Waals surface area contributed by atoms with Gasteiger partial charge in [-0.1, -0.05) is 32.0 Å². The zero-order valence-electron chi connectivity index (χ0n) is 9.34. The van der Waals surface area contributed by atoms with E-state index in [0.717, 1.165) is 25.1 Å². The Bertz CT molecular complexity index is 382. The smallest absolute Gasteiger partial charge is 0.165 e. The van der Waals surface area contributed by atoms with Crippen molar-refractivity contribution in [3.63, 3.8) is 0 Å². The number of Topliss-reactive ketones (excluding diaryl/α,β-unsaturated/α-hetero) is 1. The third kappa shape index (κ3) is 1.95. The SMILES string of the molecule is CC(C)C(=O)c1cccc2c1CCNC2. The van der Waals surface area contributed by atoms with E-state index in [4.69, 9.17) is 0 Å². The zero-order chi connectivity index (χ0) is 10.8. The topological polar surface area (TPSA) is 29.1 Å². The van der Waals surface area contributed by atoms with E-state index in [0.29, 0.717) is 0 Å². The summed E-state index contributed by atoms with van der Waals surface area (Å²) in [6.45, 7) is 5.80. The average Bonchev–Trinajstić information content (AvgIpc) is 2.27. The molecule has 1 heterocycles. The van der Waals surface area contributed by atoms with Gasteiger partial charge in [-0.25, -0.2) is 0 Å². The lowest BCUT2D eigenvalue weighted by molar-refractivity contribution is 0.0938. The van der Waals surface area contributed by atoms with Crippen LogP contribution < -0.4 is 5.32 Å². The predicted molar refractivity (Wildman–Crippen MR) is 61.0 cm³/mol. The standard InChI is InChI=1S/C13H17NO/c1-9(2)13(15)12-5-3-4-10-8-14-7-6-11(10)12/h3-5,9,14H,6-8H2,1-2H3. The van der Waals surface area contributed by atoms with Crippen molar-refractivity contribution in [2.24, 2.45) is 5.92 Å². The first-order valence-corrected chi connectivity index (χ1v) is 5.56. The molecule has 1 N–H and O–H groups in total. The van der Waals surface area contributed by atoms with Gasteiger partial charge in [0, 0.05) is 18.0 Å². The Morgan fingerprint density at radius 2 is 2.20 bits per heavy atom. The molecule has 80 valence electrons. The Balaban J connectivity index is 2.43. The number of fused-ring (bicyclic) bond motifs is 1. The van der Waals surface area contributed by atoms with Crippen molar-refractivity contribution in [2.45, 2.75) is 26.8 Å². The summed E-state index contributed by atoms with van der Waals surface area (Å²) in [5.41, 5.74) is 3.48. The first kappa shape index (κ1) is 10.4. The molecule has 0 radical (unpaired) electrons. The van der Waals surface area contributed by atoms with Gasteiger partial charge in [0.2, 0.25) is 0 Å². The molecule has 0 unspecified atom stereocenters. The van der Waals surface area contributed by atoms with Gasteiger partial charge in [-0.3, -0.25) is 4.79 Å². The van der Waals surface area contributed by atoms with E-state index < -0.39 is 0 Å². The quantitative estimate of drug-likeness (QED) is 0.746. The lowest BCUT2D eigenvalue weighted by Crippen LogP contribution is -2.26. The minimum absolute atomic E-state index is 0.0892. The highest BCUT2D eigenvalue weighted by Crippen LogP contribution is 2.21. The van der Waals surface area contributed by atoms with Crippen LogP contribution in [0.1, 0.15) is 35.3 Å². The highest BCUT2D eigenvalue weighted by atomic mass is 16.1. The Hall–Kier alpha value is -1.15. The maximum Gasteiger partial charge on any atom is 0.165 e. The third-order valence-corrected chi connectivity index (χ3v) is 2.93. The fraction of sp³-hybridized carbons (Fsp3) is 0.462. The second-order valence-corrected chi connectivity index (χ2v) is 4.39. The molecule has 0 aliphatic carbocycles. The second-order valence-electron chi connectivity index (χ2n) is 4.39. The molecule has 1 aliphatic rings. The van der Waals surface area contributed by atoms with Crippen LogP contribution in [0.3, 0.4) is 0 Å². The van der Waals surface area contributed by atoms with Crippen LogP contribution >= 0.6 is 0 Å². The molecule has 2 heteroatoms. The van der Waals surface area contributed by atoms with Gasteiger partial charge in [-0.05, 0) is 24.1 Å². The van der Waals surface area contributed by atoms with Crippen molar-refractivity contribution in [1.82, 2.24) is 5.32 Å². The van der Waals surface area contributed by atoms with Gasteiger partial charge >= 0.3 is 0 Å². The Morgan fingerprint density at radius 1 is 1.40 bits per heavy atom. The molecule has 1 aromatic carbocycles. The molecule has 0 bridgehead atoms. The van der Waals surface area contributed by atoms with Gasteiger partial charge in [-0.15, -0.1) is 0 Å². The van der Waals surface area contributed by atoms with Crippen molar-refractivity contribution < 1.29 is 4.79 Å². The average molecular weight is 203 g/mol. The van der Waals surface area contributed by atoms with Crippen LogP contribution in [0.5, 0.6) is 0 Å². The third-order valence-electron chi connectivity index (χ3n) is 2.93. The second kappa shape index (κ2) is 4.15. The molecule has 0 aromatic heterocycles. The Labute approximate surface area is 90.7 Å².